The van der Waals surface area contributed by atoms with Gasteiger partial charge in [-0.25, -0.2) is 4.79 Å². The Bertz CT molecular complexity index is 693. The van der Waals surface area contributed by atoms with Crippen LogP contribution in [0.1, 0.15) is 47.1 Å². The van der Waals surface area contributed by atoms with Gasteiger partial charge in [-0.1, -0.05) is 26.0 Å². The summed E-state index contributed by atoms with van der Waals surface area (Å²) in [7, 11) is 0. The second-order valence-electron chi connectivity index (χ2n) is 7.58. The van der Waals surface area contributed by atoms with Crippen LogP contribution >= 0.6 is 0 Å². The molecule has 0 aromatic carbocycles. The summed E-state index contributed by atoms with van der Waals surface area (Å²) in [4.78, 5) is 26.4. The van der Waals surface area contributed by atoms with Gasteiger partial charge in [0.15, 0.2) is 0 Å². The van der Waals surface area contributed by atoms with Crippen molar-refractivity contribution in [3.05, 3.63) is 40.3 Å². The number of ether oxygens (including phenoxy) is 1. The van der Waals surface area contributed by atoms with E-state index >= 15 is 0 Å². The fraction of sp³-hybridized carbons (Fsp3) is 0.556. The highest BCUT2D eigenvalue weighted by molar-refractivity contribution is 5.91. The number of rotatable bonds is 2. The number of amides is 1. The highest BCUT2D eigenvalue weighted by Gasteiger charge is 2.40. The second-order valence-corrected chi connectivity index (χ2v) is 7.58. The van der Waals surface area contributed by atoms with Crippen molar-refractivity contribution in [3.8, 4) is 0 Å². The summed E-state index contributed by atoms with van der Waals surface area (Å²) in [5.74, 6) is 0. The summed E-state index contributed by atoms with van der Waals surface area (Å²) in [6.45, 7) is 12.5. The fourth-order valence-electron chi connectivity index (χ4n) is 2.73. The summed E-state index contributed by atoms with van der Waals surface area (Å²) in [6, 6.07) is 1.64. The third kappa shape index (κ3) is 3.66. The maximum absolute atomic E-state index is 12.5. The lowest BCUT2D eigenvalue weighted by molar-refractivity contribution is 0.0579. The smallest absolute Gasteiger partial charge is 0.414 e. The molecule has 0 bridgehead atoms. The van der Waals surface area contributed by atoms with Crippen LogP contribution < -0.4 is 10.5 Å². The fourth-order valence-corrected chi connectivity index (χ4v) is 2.73. The molecule has 1 aliphatic heterocycles. The van der Waals surface area contributed by atoms with Gasteiger partial charge in [-0.15, -0.1) is 0 Å². The Balaban J connectivity index is 2.46. The van der Waals surface area contributed by atoms with E-state index in [1.165, 1.54) is 0 Å². The van der Waals surface area contributed by atoms with Crippen molar-refractivity contribution in [2.75, 3.05) is 11.4 Å². The van der Waals surface area contributed by atoms with Gasteiger partial charge in [0, 0.05) is 30.8 Å². The first-order chi connectivity index (χ1) is 10.5. The van der Waals surface area contributed by atoms with Gasteiger partial charge >= 0.3 is 6.09 Å². The lowest BCUT2D eigenvalue weighted by Crippen LogP contribution is -2.38. The van der Waals surface area contributed by atoms with Crippen molar-refractivity contribution in [1.29, 1.82) is 0 Å². The molecule has 1 aromatic rings. The zero-order valence-corrected chi connectivity index (χ0v) is 14.8. The van der Waals surface area contributed by atoms with Gasteiger partial charge in [0.05, 0.1) is 5.69 Å². The molecule has 1 aromatic heterocycles. The first-order valence-electron chi connectivity index (χ1n) is 7.92. The lowest BCUT2D eigenvalue weighted by Gasteiger charge is -2.26. The minimum Gasteiger partial charge on any atom is -0.443 e. The molecule has 2 rings (SSSR count). The molecule has 23 heavy (non-hydrogen) atoms. The van der Waals surface area contributed by atoms with E-state index in [0.717, 1.165) is 11.3 Å². The van der Waals surface area contributed by atoms with Crippen LogP contribution in [0.4, 0.5) is 10.5 Å². The van der Waals surface area contributed by atoms with Gasteiger partial charge < -0.3 is 9.30 Å². The number of fused-ring (bicyclic) bond motifs is 1. The molecule has 0 atom stereocenters. The van der Waals surface area contributed by atoms with E-state index in [1.54, 1.807) is 21.7 Å². The molecular weight excluding hydrogens is 292 g/mol. The third-order valence-corrected chi connectivity index (χ3v) is 3.83. The molecular formula is C18H26N2O3. The number of nitrogens with zero attached hydrogens (tertiary/aromatic N) is 2. The molecule has 0 radical (unpaired) electrons. The molecule has 5 heteroatoms. The Morgan fingerprint density at radius 2 is 2.04 bits per heavy atom. The topological polar surface area (TPSA) is 51.5 Å². The van der Waals surface area contributed by atoms with Crippen molar-refractivity contribution in [2.45, 2.75) is 59.1 Å². The maximum atomic E-state index is 12.5. The monoisotopic (exact) mass is 318 g/mol. The highest BCUT2D eigenvalue weighted by Crippen LogP contribution is 2.40. The molecule has 0 unspecified atom stereocenters. The summed E-state index contributed by atoms with van der Waals surface area (Å²) < 4.78 is 7.12. The van der Waals surface area contributed by atoms with E-state index in [0.29, 0.717) is 13.1 Å². The Morgan fingerprint density at radius 3 is 2.61 bits per heavy atom. The van der Waals surface area contributed by atoms with Crippen LogP contribution in [0.5, 0.6) is 0 Å². The maximum Gasteiger partial charge on any atom is 0.414 e. The van der Waals surface area contributed by atoms with Crippen LogP contribution in [0.3, 0.4) is 0 Å². The molecule has 0 fully saturated rings. The molecule has 5 nitrogen and oxygen atoms in total. The molecule has 1 amide bonds. The molecule has 2 heterocycles. The minimum absolute atomic E-state index is 0.0547. The van der Waals surface area contributed by atoms with Gasteiger partial charge in [-0.2, -0.15) is 0 Å². The molecule has 126 valence electrons. The zero-order chi connectivity index (χ0) is 17.4. The molecule has 1 aliphatic rings. The average molecular weight is 318 g/mol. The first-order valence-corrected chi connectivity index (χ1v) is 7.92. The molecule has 0 saturated heterocycles. The summed E-state index contributed by atoms with van der Waals surface area (Å²) in [5, 5.41) is 0. The van der Waals surface area contributed by atoms with Crippen molar-refractivity contribution in [2.24, 2.45) is 0 Å². The van der Waals surface area contributed by atoms with Crippen molar-refractivity contribution < 1.29 is 9.53 Å². The van der Waals surface area contributed by atoms with Crippen LogP contribution in [0.2, 0.25) is 0 Å². The van der Waals surface area contributed by atoms with Gasteiger partial charge in [0.25, 0.3) is 5.56 Å². The number of pyridine rings is 1. The summed E-state index contributed by atoms with van der Waals surface area (Å²) >= 11 is 0. The Hall–Kier alpha value is -2.04. The largest absolute Gasteiger partial charge is 0.443 e. The van der Waals surface area contributed by atoms with E-state index in [9.17, 15) is 9.59 Å². The predicted molar refractivity (Wildman–Crippen MR) is 92.1 cm³/mol. The SMILES string of the molecule is C/C=C/Cn1cc2c(cc1=O)C(C)(C)CN2C(=O)OC(C)(C)C. The van der Waals surface area contributed by atoms with Crippen LogP contribution in [-0.2, 0) is 16.7 Å². The molecule has 0 saturated carbocycles. The van der Waals surface area contributed by atoms with Gasteiger partial charge in [-0.3, -0.25) is 9.69 Å². The standard InChI is InChI=1S/C18H26N2O3/c1-7-8-9-19-11-14-13(10-15(19)21)18(5,6)12-20(14)16(22)23-17(2,3)4/h7-8,10-11H,9,12H2,1-6H3/b8-7+. The highest BCUT2D eigenvalue weighted by atomic mass is 16.6. The number of anilines is 1. The van der Waals surface area contributed by atoms with E-state index < -0.39 is 5.60 Å². The zero-order valence-electron chi connectivity index (χ0n) is 14.8. The predicted octanol–water partition coefficient (Wildman–Crippen LogP) is 3.46. The quantitative estimate of drug-likeness (QED) is 0.785. The molecule has 0 aliphatic carbocycles. The summed E-state index contributed by atoms with van der Waals surface area (Å²) in [5.41, 5.74) is 0.772. The van der Waals surface area contributed by atoms with Crippen LogP contribution in [0.25, 0.3) is 0 Å². The first kappa shape index (κ1) is 17.3. The normalized spacial score (nSPS) is 16.7. The van der Waals surface area contributed by atoms with Gasteiger partial charge in [0.2, 0.25) is 0 Å². The molecule has 0 spiro atoms. The number of allylic oxidation sites excluding steroid dienone is 2. The van der Waals surface area contributed by atoms with Crippen molar-refractivity contribution in [1.82, 2.24) is 4.57 Å². The van der Waals surface area contributed by atoms with Crippen molar-refractivity contribution >= 4 is 11.8 Å². The number of carbonyl (C=O) groups is 1. The number of hydrogen-bond acceptors (Lipinski definition) is 3. The van der Waals surface area contributed by atoms with E-state index in [1.807, 2.05) is 53.7 Å². The van der Waals surface area contributed by atoms with Crippen molar-refractivity contribution in [3.63, 3.8) is 0 Å². The van der Waals surface area contributed by atoms with Crippen LogP contribution in [-0.4, -0.2) is 22.8 Å². The number of hydrogen-bond donors (Lipinski definition) is 0. The Morgan fingerprint density at radius 1 is 1.39 bits per heavy atom. The molecule has 0 N–H and O–H groups in total. The lowest BCUT2D eigenvalue weighted by atomic mass is 9.87. The second kappa shape index (κ2) is 5.87. The van der Waals surface area contributed by atoms with E-state index in [-0.39, 0.29) is 17.1 Å². The number of aromatic nitrogens is 1. The third-order valence-electron chi connectivity index (χ3n) is 3.83. The van der Waals surface area contributed by atoms with Gasteiger partial charge in [0.1, 0.15) is 5.60 Å². The van der Waals surface area contributed by atoms with Gasteiger partial charge in [-0.05, 0) is 33.3 Å². The summed E-state index contributed by atoms with van der Waals surface area (Å²) in [6.07, 6.45) is 5.19. The Kier molecular flexibility index (Phi) is 4.42. The van der Waals surface area contributed by atoms with E-state index in [4.69, 9.17) is 4.74 Å². The van der Waals surface area contributed by atoms with E-state index in [2.05, 4.69) is 0 Å². The van der Waals surface area contributed by atoms with Crippen LogP contribution in [0, 0.1) is 0 Å². The number of carbonyl (C=O) groups excluding carboxylic acids is 1. The van der Waals surface area contributed by atoms with Crippen LogP contribution in [0.15, 0.2) is 29.2 Å². The minimum atomic E-state index is -0.552. The average Bonchev–Trinajstić information content (AvgIpc) is 2.66. The Labute approximate surface area is 137 Å².